The first-order valence-electron chi connectivity index (χ1n) is 8.43. The molecule has 128 valence electrons. The zero-order valence-corrected chi connectivity index (χ0v) is 15.3. The van der Waals surface area contributed by atoms with Crippen molar-refractivity contribution in [3.8, 4) is 33.8 Å². The van der Waals surface area contributed by atoms with Crippen LogP contribution in [0.15, 0.2) is 53.9 Å². The van der Waals surface area contributed by atoms with E-state index in [0.29, 0.717) is 6.61 Å². The van der Waals surface area contributed by atoms with Crippen LogP contribution in [0, 0.1) is 0 Å². The third-order valence-electron chi connectivity index (χ3n) is 4.34. The summed E-state index contributed by atoms with van der Waals surface area (Å²) in [5.74, 6) is 1.81. The van der Waals surface area contributed by atoms with E-state index in [0.717, 1.165) is 35.8 Å². The first-order chi connectivity index (χ1) is 12.2. The Labute approximate surface area is 152 Å². The molecule has 3 nitrogen and oxygen atoms in total. The van der Waals surface area contributed by atoms with Crippen LogP contribution in [0.1, 0.15) is 4.88 Å². The number of benzene rings is 2. The van der Waals surface area contributed by atoms with E-state index >= 15 is 0 Å². The monoisotopic (exact) mass is 351 g/mol. The second kappa shape index (κ2) is 7.00. The van der Waals surface area contributed by atoms with Gasteiger partial charge in [0.25, 0.3) is 0 Å². The Morgan fingerprint density at radius 3 is 2.36 bits per heavy atom. The Morgan fingerprint density at radius 2 is 1.60 bits per heavy atom. The molecule has 0 saturated carbocycles. The van der Waals surface area contributed by atoms with Crippen molar-refractivity contribution in [2.24, 2.45) is 0 Å². The summed E-state index contributed by atoms with van der Waals surface area (Å²) in [5, 5.41) is 2.23. The SMILES string of the molecule is CN(C)CCOCc1scc2c1-c1ccccc1Oc1ccccc1-2. The minimum absolute atomic E-state index is 0.629. The Balaban J connectivity index is 1.75. The van der Waals surface area contributed by atoms with Crippen molar-refractivity contribution in [3.05, 3.63) is 58.8 Å². The fraction of sp³-hybridized carbons (Fsp3) is 0.238. The van der Waals surface area contributed by atoms with Gasteiger partial charge in [-0.25, -0.2) is 0 Å². The fourth-order valence-electron chi connectivity index (χ4n) is 3.07. The van der Waals surface area contributed by atoms with E-state index in [1.807, 2.05) is 24.3 Å². The number of para-hydroxylation sites is 2. The van der Waals surface area contributed by atoms with E-state index in [9.17, 15) is 0 Å². The van der Waals surface area contributed by atoms with Crippen LogP contribution in [0.3, 0.4) is 0 Å². The molecule has 4 heteroatoms. The molecule has 0 atom stereocenters. The lowest BCUT2D eigenvalue weighted by Gasteiger charge is -2.11. The maximum absolute atomic E-state index is 6.21. The molecular weight excluding hydrogens is 330 g/mol. The minimum atomic E-state index is 0.629. The summed E-state index contributed by atoms with van der Waals surface area (Å²) in [6.45, 7) is 2.29. The van der Waals surface area contributed by atoms with E-state index in [4.69, 9.17) is 9.47 Å². The molecule has 0 aliphatic carbocycles. The van der Waals surface area contributed by atoms with Crippen molar-refractivity contribution >= 4 is 11.3 Å². The van der Waals surface area contributed by atoms with Crippen molar-refractivity contribution in [2.45, 2.75) is 6.61 Å². The summed E-state index contributed by atoms with van der Waals surface area (Å²) in [5.41, 5.74) is 4.76. The largest absolute Gasteiger partial charge is 0.456 e. The number of rotatable bonds is 5. The van der Waals surface area contributed by atoms with Gasteiger partial charge >= 0.3 is 0 Å². The predicted molar refractivity (Wildman–Crippen MR) is 103 cm³/mol. The second-order valence-electron chi connectivity index (χ2n) is 6.40. The summed E-state index contributed by atoms with van der Waals surface area (Å²) in [6.07, 6.45) is 0. The zero-order chi connectivity index (χ0) is 17.2. The maximum atomic E-state index is 6.21. The lowest BCUT2D eigenvalue weighted by Crippen LogP contribution is -2.17. The first kappa shape index (κ1) is 16.3. The van der Waals surface area contributed by atoms with E-state index in [-0.39, 0.29) is 0 Å². The number of hydrogen-bond acceptors (Lipinski definition) is 4. The highest BCUT2D eigenvalue weighted by Crippen LogP contribution is 2.49. The molecular formula is C21H21NO2S. The number of likely N-dealkylation sites (N-methyl/N-ethyl adjacent to an activating group) is 1. The van der Waals surface area contributed by atoms with Gasteiger partial charge in [-0.1, -0.05) is 36.4 Å². The number of thiophene rings is 1. The number of ether oxygens (including phenoxy) is 2. The van der Waals surface area contributed by atoms with E-state index < -0.39 is 0 Å². The van der Waals surface area contributed by atoms with Gasteiger partial charge in [-0.3, -0.25) is 0 Å². The van der Waals surface area contributed by atoms with Gasteiger partial charge in [0.05, 0.1) is 13.2 Å². The van der Waals surface area contributed by atoms with Crippen molar-refractivity contribution in [3.63, 3.8) is 0 Å². The molecule has 0 unspecified atom stereocenters. The highest BCUT2D eigenvalue weighted by molar-refractivity contribution is 7.11. The van der Waals surface area contributed by atoms with Crippen molar-refractivity contribution < 1.29 is 9.47 Å². The topological polar surface area (TPSA) is 21.7 Å². The lowest BCUT2D eigenvalue weighted by molar-refractivity contribution is 0.107. The molecule has 0 N–H and O–H groups in total. The van der Waals surface area contributed by atoms with Crippen molar-refractivity contribution in [1.29, 1.82) is 0 Å². The Kier molecular flexibility index (Phi) is 4.57. The average molecular weight is 351 g/mol. The van der Waals surface area contributed by atoms with Crippen LogP contribution in [-0.2, 0) is 11.3 Å². The highest BCUT2D eigenvalue weighted by atomic mass is 32.1. The van der Waals surface area contributed by atoms with Gasteiger partial charge in [-0.15, -0.1) is 11.3 Å². The highest BCUT2D eigenvalue weighted by Gasteiger charge is 2.24. The summed E-state index contributed by atoms with van der Waals surface area (Å²) in [4.78, 5) is 3.38. The lowest BCUT2D eigenvalue weighted by atomic mass is 9.97. The zero-order valence-electron chi connectivity index (χ0n) is 14.5. The predicted octanol–water partition coefficient (Wildman–Crippen LogP) is 5.27. The summed E-state index contributed by atoms with van der Waals surface area (Å²) in [7, 11) is 4.12. The third-order valence-corrected chi connectivity index (χ3v) is 5.30. The molecule has 0 radical (unpaired) electrons. The molecule has 0 bridgehead atoms. The van der Waals surface area contributed by atoms with Crippen LogP contribution < -0.4 is 4.74 Å². The van der Waals surface area contributed by atoms with E-state index in [1.165, 1.54) is 16.0 Å². The van der Waals surface area contributed by atoms with E-state index in [2.05, 4.69) is 48.6 Å². The van der Waals surface area contributed by atoms with Crippen molar-refractivity contribution in [2.75, 3.05) is 27.2 Å². The van der Waals surface area contributed by atoms with Gasteiger partial charge < -0.3 is 14.4 Å². The Morgan fingerprint density at radius 1 is 0.920 bits per heavy atom. The number of hydrogen-bond donors (Lipinski definition) is 0. The Hall–Kier alpha value is -2.14. The molecule has 3 aromatic rings. The number of nitrogens with zero attached hydrogens (tertiary/aromatic N) is 1. The smallest absolute Gasteiger partial charge is 0.135 e. The molecule has 2 heterocycles. The Bertz CT molecular complexity index is 885. The van der Waals surface area contributed by atoms with Gasteiger partial charge in [0.15, 0.2) is 0 Å². The van der Waals surface area contributed by atoms with Crippen LogP contribution in [0.2, 0.25) is 0 Å². The standard InChI is InChI=1S/C21H21NO2S/c1-22(2)11-12-23-13-20-21-16-8-4-6-10-19(16)24-18-9-5-3-7-15(18)17(21)14-25-20/h3-10,14H,11-13H2,1-2H3. The van der Waals surface area contributed by atoms with Gasteiger partial charge in [0.2, 0.25) is 0 Å². The van der Waals surface area contributed by atoms with Gasteiger partial charge in [-0.2, -0.15) is 0 Å². The molecule has 25 heavy (non-hydrogen) atoms. The van der Waals surface area contributed by atoms with E-state index in [1.54, 1.807) is 11.3 Å². The fourth-order valence-corrected chi connectivity index (χ4v) is 4.06. The molecule has 1 aromatic heterocycles. The number of fused-ring (bicyclic) bond motifs is 5. The summed E-state index contributed by atoms with van der Waals surface area (Å²) >= 11 is 1.77. The molecule has 0 spiro atoms. The molecule has 0 fully saturated rings. The van der Waals surface area contributed by atoms with Crippen LogP contribution in [0.5, 0.6) is 11.5 Å². The van der Waals surface area contributed by atoms with Crippen LogP contribution >= 0.6 is 11.3 Å². The summed E-state index contributed by atoms with van der Waals surface area (Å²) < 4.78 is 12.1. The van der Waals surface area contributed by atoms with Crippen LogP contribution in [0.25, 0.3) is 22.3 Å². The van der Waals surface area contributed by atoms with Gasteiger partial charge in [-0.05, 0) is 31.6 Å². The van der Waals surface area contributed by atoms with Gasteiger partial charge in [0, 0.05) is 33.7 Å². The summed E-state index contributed by atoms with van der Waals surface area (Å²) in [6, 6.07) is 16.5. The minimum Gasteiger partial charge on any atom is -0.456 e. The van der Waals surface area contributed by atoms with Crippen LogP contribution in [0.4, 0.5) is 0 Å². The maximum Gasteiger partial charge on any atom is 0.135 e. The average Bonchev–Trinajstić information content (AvgIpc) is 2.97. The first-order valence-corrected chi connectivity index (χ1v) is 9.31. The van der Waals surface area contributed by atoms with Crippen molar-refractivity contribution in [1.82, 2.24) is 4.90 Å². The van der Waals surface area contributed by atoms with Crippen LogP contribution in [-0.4, -0.2) is 32.1 Å². The normalized spacial score (nSPS) is 12.1. The third kappa shape index (κ3) is 3.21. The quantitative estimate of drug-likeness (QED) is 0.457. The molecule has 4 rings (SSSR count). The molecule has 0 saturated heterocycles. The van der Waals surface area contributed by atoms with Gasteiger partial charge in [0.1, 0.15) is 11.5 Å². The molecule has 1 aliphatic heterocycles. The molecule has 2 aromatic carbocycles. The molecule has 0 amide bonds. The second-order valence-corrected chi connectivity index (χ2v) is 7.36. The molecule has 1 aliphatic rings.